The summed E-state index contributed by atoms with van der Waals surface area (Å²) in [5.74, 6) is 1.80. The SMILES string of the molecule is CCNC(=NCC(O)COCc1ccccc1)NC1CCN(c2cccc(C)n2)CC1. The van der Waals surface area contributed by atoms with Crippen molar-refractivity contribution in [1.29, 1.82) is 0 Å². The maximum absolute atomic E-state index is 10.2. The molecule has 1 aromatic heterocycles. The lowest BCUT2D eigenvalue weighted by Gasteiger charge is -2.34. The molecule has 0 saturated carbocycles. The van der Waals surface area contributed by atoms with E-state index in [1.807, 2.05) is 50.2 Å². The van der Waals surface area contributed by atoms with E-state index in [0.717, 1.165) is 55.5 Å². The minimum absolute atomic E-state index is 0.264. The largest absolute Gasteiger partial charge is 0.389 e. The van der Waals surface area contributed by atoms with Crippen molar-refractivity contribution < 1.29 is 9.84 Å². The first-order valence-corrected chi connectivity index (χ1v) is 11.2. The maximum atomic E-state index is 10.2. The van der Waals surface area contributed by atoms with E-state index in [1.54, 1.807) is 0 Å². The van der Waals surface area contributed by atoms with Crippen LogP contribution in [0.25, 0.3) is 0 Å². The van der Waals surface area contributed by atoms with Crippen LogP contribution in [-0.2, 0) is 11.3 Å². The van der Waals surface area contributed by atoms with Crippen molar-refractivity contribution in [2.75, 3.05) is 37.7 Å². The second-order valence-corrected chi connectivity index (χ2v) is 7.92. The van der Waals surface area contributed by atoms with Crippen LogP contribution in [0, 0.1) is 6.92 Å². The van der Waals surface area contributed by atoms with Gasteiger partial charge in [-0.1, -0.05) is 36.4 Å². The molecule has 1 aliphatic heterocycles. The van der Waals surface area contributed by atoms with Crippen LogP contribution < -0.4 is 15.5 Å². The molecule has 31 heavy (non-hydrogen) atoms. The number of hydrogen-bond acceptors (Lipinski definition) is 5. The number of nitrogens with zero attached hydrogens (tertiary/aromatic N) is 3. The summed E-state index contributed by atoms with van der Waals surface area (Å²) in [7, 11) is 0. The second kappa shape index (κ2) is 12.3. The Morgan fingerprint density at radius 1 is 1.19 bits per heavy atom. The average molecular weight is 426 g/mol. The zero-order valence-corrected chi connectivity index (χ0v) is 18.6. The highest BCUT2D eigenvalue weighted by Gasteiger charge is 2.21. The zero-order valence-electron chi connectivity index (χ0n) is 18.6. The molecule has 1 unspecified atom stereocenters. The number of aliphatic hydroxyl groups excluding tert-OH is 1. The van der Waals surface area contributed by atoms with Gasteiger partial charge in [0.05, 0.1) is 25.9 Å². The van der Waals surface area contributed by atoms with E-state index >= 15 is 0 Å². The Hall–Kier alpha value is -2.64. The van der Waals surface area contributed by atoms with Crippen molar-refractivity contribution in [1.82, 2.24) is 15.6 Å². The summed E-state index contributed by atoms with van der Waals surface area (Å²) in [6.45, 7) is 7.83. The van der Waals surface area contributed by atoms with Gasteiger partial charge in [0.2, 0.25) is 0 Å². The Morgan fingerprint density at radius 2 is 1.97 bits per heavy atom. The number of nitrogens with one attached hydrogen (secondary N) is 2. The molecule has 7 heteroatoms. The zero-order chi connectivity index (χ0) is 21.9. The molecular weight excluding hydrogens is 390 g/mol. The Kier molecular flexibility index (Phi) is 9.12. The highest BCUT2D eigenvalue weighted by atomic mass is 16.5. The standard InChI is InChI=1S/C24H35N5O2/c1-3-25-24(26-16-22(30)18-31-17-20-9-5-4-6-10-20)28-21-12-14-29(15-13-21)23-11-7-8-19(2)27-23/h4-11,21-22,30H,3,12-18H2,1-2H3,(H2,25,26,28). The van der Waals surface area contributed by atoms with Crippen LogP contribution in [0.15, 0.2) is 53.5 Å². The minimum atomic E-state index is -0.631. The molecule has 1 atom stereocenters. The molecule has 3 N–H and O–H groups in total. The lowest BCUT2D eigenvalue weighted by atomic mass is 10.1. The van der Waals surface area contributed by atoms with E-state index in [2.05, 4.69) is 37.6 Å². The number of benzene rings is 1. The molecule has 1 aromatic carbocycles. The number of aromatic nitrogens is 1. The van der Waals surface area contributed by atoms with Gasteiger partial charge < -0.3 is 25.4 Å². The molecule has 7 nitrogen and oxygen atoms in total. The summed E-state index contributed by atoms with van der Waals surface area (Å²) in [4.78, 5) is 11.5. The van der Waals surface area contributed by atoms with Crippen LogP contribution in [-0.4, -0.2) is 61.0 Å². The number of anilines is 1. The molecule has 0 radical (unpaired) electrons. The number of rotatable bonds is 9. The minimum Gasteiger partial charge on any atom is -0.389 e. The van der Waals surface area contributed by atoms with Gasteiger partial charge in [-0.15, -0.1) is 0 Å². The highest BCUT2D eigenvalue weighted by molar-refractivity contribution is 5.80. The monoisotopic (exact) mass is 425 g/mol. The van der Waals surface area contributed by atoms with Gasteiger partial charge in [-0.3, -0.25) is 4.99 Å². The van der Waals surface area contributed by atoms with Gasteiger partial charge in [-0.2, -0.15) is 0 Å². The third kappa shape index (κ3) is 7.84. The summed E-state index contributed by atoms with van der Waals surface area (Å²) >= 11 is 0. The van der Waals surface area contributed by atoms with Gasteiger partial charge in [0.25, 0.3) is 0 Å². The van der Waals surface area contributed by atoms with E-state index < -0.39 is 6.10 Å². The van der Waals surface area contributed by atoms with Crippen LogP contribution in [0.3, 0.4) is 0 Å². The Morgan fingerprint density at radius 3 is 2.68 bits per heavy atom. The third-order valence-electron chi connectivity index (χ3n) is 5.26. The van der Waals surface area contributed by atoms with Crippen molar-refractivity contribution >= 4 is 11.8 Å². The van der Waals surface area contributed by atoms with E-state index in [1.165, 1.54) is 0 Å². The highest BCUT2D eigenvalue weighted by Crippen LogP contribution is 2.18. The van der Waals surface area contributed by atoms with Crippen LogP contribution >= 0.6 is 0 Å². The van der Waals surface area contributed by atoms with Crippen LogP contribution in [0.5, 0.6) is 0 Å². The fraction of sp³-hybridized carbons (Fsp3) is 0.500. The molecule has 0 amide bonds. The van der Waals surface area contributed by atoms with Crippen molar-refractivity contribution in [2.24, 2.45) is 4.99 Å². The first-order chi connectivity index (χ1) is 15.1. The summed E-state index contributed by atoms with van der Waals surface area (Å²) in [6.07, 6.45) is 1.40. The van der Waals surface area contributed by atoms with Gasteiger partial charge in [-0.25, -0.2) is 4.98 Å². The number of pyridine rings is 1. The van der Waals surface area contributed by atoms with Gasteiger partial charge in [0.15, 0.2) is 5.96 Å². The van der Waals surface area contributed by atoms with Crippen LogP contribution in [0.1, 0.15) is 31.0 Å². The van der Waals surface area contributed by atoms with Crippen LogP contribution in [0.2, 0.25) is 0 Å². The molecule has 2 aromatic rings. The molecule has 168 valence electrons. The van der Waals surface area contributed by atoms with Crippen molar-refractivity contribution in [3.05, 3.63) is 59.8 Å². The fourth-order valence-electron chi connectivity index (χ4n) is 3.61. The topological polar surface area (TPSA) is 82.0 Å². The summed E-state index contributed by atoms with van der Waals surface area (Å²) in [6, 6.07) is 16.5. The van der Waals surface area contributed by atoms with E-state index in [4.69, 9.17) is 4.74 Å². The van der Waals surface area contributed by atoms with Crippen LogP contribution in [0.4, 0.5) is 5.82 Å². The summed E-state index contributed by atoms with van der Waals surface area (Å²) in [5, 5.41) is 17.0. The average Bonchev–Trinajstić information content (AvgIpc) is 2.79. The molecule has 0 spiro atoms. The van der Waals surface area contributed by atoms with Crippen molar-refractivity contribution in [3.63, 3.8) is 0 Å². The second-order valence-electron chi connectivity index (χ2n) is 7.92. The Bertz CT molecular complexity index is 807. The van der Waals surface area contributed by atoms with E-state index in [9.17, 15) is 5.11 Å². The first-order valence-electron chi connectivity index (χ1n) is 11.2. The van der Waals surface area contributed by atoms with Crippen molar-refractivity contribution in [3.8, 4) is 0 Å². The maximum Gasteiger partial charge on any atom is 0.191 e. The third-order valence-corrected chi connectivity index (χ3v) is 5.26. The molecule has 0 aliphatic carbocycles. The van der Waals surface area contributed by atoms with E-state index in [-0.39, 0.29) is 6.61 Å². The number of guanidine groups is 1. The lowest BCUT2D eigenvalue weighted by molar-refractivity contribution is 0.0331. The molecule has 1 fully saturated rings. The number of hydrogen-bond donors (Lipinski definition) is 3. The quantitative estimate of drug-likeness (QED) is 0.423. The Balaban J connectivity index is 1.42. The number of aliphatic imine (C=N–C) groups is 1. The molecular formula is C24H35N5O2. The van der Waals surface area contributed by atoms with E-state index in [0.29, 0.717) is 19.2 Å². The molecule has 1 saturated heterocycles. The normalized spacial score (nSPS) is 16.2. The number of ether oxygens (including phenoxy) is 1. The lowest BCUT2D eigenvalue weighted by Crippen LogP contribution is -2.49. The number of aryl methyl sites for hydroxylation is 1. The molecule has 0 bridgehead atoms. The molecule has 2 heterocycles. The summed E-state index contributed by atoms with van der Waals surface area (Å²) < 4.78 is 5.61. The predicted molar refractivity (Wildman–Crippen MR) is 125 cm³/mol. The Labute approximate surface area is 185 Å². The summed E-state index contributed by atoms with van der Waals surface area (Å²) in [5.41, 5.74) is 2.14. The fourth-order valence-corrected chi connectivity index (χ4v) is 3.61. The molecule has 3 rings (SSSR count). The van der Waals surface area contributed by atoms with Gasteiger partial charge >= 0.3 is 0 Å². The van der Waals surface area contributed by atoms with Gasteiger partial charge in [0, 0.05) is 31.4 Å². The van der Waals surface area contributed by atoms with Gasteiger partial charge in [0.1, 0.15) is 5.82 Å². The number of piperidine rings is 1. The smallest absolute Gasteiger partial charge is 0.191 e. The first kappa shape index (κ1) is 23.0. The van der Waals surface area contributed by atoms with Crippen molar-refractivity contribution in [2.45, 2.75) is 45.4 Å². The number of aliphatic hydroxyl groups is 1. The predicted octanol–water partition coefficient (Wildman–Crippen LogP) is 2.49. The van der Waals surface area contributed by atoms with Gasteiger partial charge in [-0.05, 0) is 44.4 Å². The molecule has 1 aliphatic rings.